The number of aryl methyl sites for hydroxylation is 1. The molecule has 1 rings (SSSR count). The number of pyridine rings is 1. The predicted molar refractivity (Wildman–Crippen MR) is 59.8 cm³/mol. The van der Waals surface area contributed by atoms with Crippen molar-refractivity contribution in [1.29, 1.82) is 0 Å². The molecule has 1 heterocycles. The van der Waals surface area contributed by atoms with Crippen LogP contribution in [0.2, 0.25) is 0 Å². The summed E-state index contributed by atoms with van der Waals surface area (Å²) in [6.07, 6.45) is 10.2. The van der Waals surface area contributed by atoms with E-state index in [4.69, 9.17) is 0 Å². The van der Waals surface area contributed by atoms with Crippen LogP contribution in [0, 0.1) is 0 Å². The molecule has 0 unspecified atom stereocenters. The first-order valence-electron chi connectivity index (χ1n) is 4.93. The molecule has 0 aliphatic heterocycles. The van der Waals surface area contributed by atoms with Crippen LogP contribution < -0.4 is 0 Å². The van der Waals surface area contributed by atoms with Gasteiger partial charge in [-0.05, 0) is 40.4 Å². The molecule has 0 aliphatic carbocycles. The number of rotatable bonds is 5. The molecule has 0 aliphatic rings. The minimum Gasteiger partial charge on any atom is -0.264 e. The van der Waals surface area contributed by atoms with E-state index in [-0.39, 0.29) is 0 Å². The highest BCUT2D eigenvalue weighted by Gasteiger charge is 1.97. The lowest BCUT2D eigenvalue weighted by molar-refractivity contribution is 0.665. The van der Waals surface area contributed by atoms with E-state index in [1.165, 1.54) is 37.7 Å². The van der Waals surface area contributed by atoms with Gasteiger partial charge >= 0.3 is 0 Å². The van der Waals surface area contributed by atoms with Gasteiger partial charge < -0.3 is 0 Å². The molecule has 0 saturated heterocycles. The van der Waals surface area contributed by atoms with Crippen LogP contribution in [0.4, 0.5) is 0 Å². The molecule has 0 saturated carbocycles. The summed E-state index contributed by atoms with van der Waals surface area (Å²) in [6, 6.07) is 2.09. The fourth-order valence-electron chi connectivity index (χ4n) is 1.35. The smallest absolute Gasteiger partial charge is 0.0412 e. The summed E-state index contributed by atoms with van der Waals surface area (Å²) in [5.74, 6) is 0. The van der Waals surface area contributed by atoms with Gasteiger partial charge in [-0.1, -0.05) is 26.2 Å². The van der Waals surface area contributed by atoms with Crippen LogP contribution in [0.5, 0.6) is 0 Å². The molecule has 0 spiro atoms. The summed E-state index contributed by atoms with van der Waals surface area (Å²) in [4.78, 5) is 4.04. The van der Waals surface area contributed by atoms with Crippen molar-refractivity contribution in [2.75, 3.05) is 0 Å². The highest BCUT2D eigenvalue weighted by molar-refractivity contribution is 9.10. The molecule has 0 atom stereocenters. The van der Waals surface area contributed by atoms with Crippen LogP contribution in [0.3, 0.4) is 0 Å². The van der Waals surface area contributed by atoms with Crippen molar-refractivity contribution in [2.24, 2.45) is 0 Å². The summed E-state index contributed by atoms with van der Waals surface area (Å²) in [7, 11) is 0. The molecule has 2 heteroatoms. The minimum atomic E-state index is 1.14. The van der Waals surface area contributed by atoms with Gasteiger partial charge in [-0.15, -0.1) is 0 Å². The van der Waals surface area contributed by atoms with Crippen molar-refractivity contribution >= 4 is 15.9 Å². The van der Waals surface area contributed by atoms with E-state index in [1.807, 2.05) is 12.4 Å². The maximum atomic E-state index is 4.04. The van der Waals surface area contributed by atoms with E-state index in [0.717, 1.165) is 4.47 Å². The van der Waals surface area contributed by atoms with Crippen LogP contribution in [-0.4, -0.2) is 4.98 Å². The Labute approximate surface area is 88.7 Å². The highest BCUT2D eigenvalue weighted by atomic mass is 79.9. The molecule has 1 nitrogen and oxygen atoms in total. The Morgan fingerprint density at radius 1 is 1.31 bits per heavy atom. The highest BCUT2D eigenvalue weighted by Crippen LogP contribution is 2.17. The van der Waals surface area contributed by atoms with Crippen LogP contribution >= 0.6 is 15.9 Å². The number of nitrogens with zero attached hydrogens (tertiary/aromatic N) is 1. The zero-order chi connectivity index (χ0) is 9.52. The molecule has 13 heavy (non-hydrogen) atoms. The van der Waals surface area contributed by atoms with Crippen molar-refractivity contribution in [1.82, 2.24) is 4.98 Å². The van der Waals surface area contributed by atoms with Gasteiger partial charge in [-0.25, -0.2) is 0 Å². The van der Waals surface area contributed by atoms with E-state index >= 15 is 0 Å². The Morgan fingerprint density at radius 2 is 2.15 bits per heavy atom. The molecular formula is C11H16BrN. The summed E-state index contributed by atoms with van der Waals surface area (Å²) in [6.45, 7) is 2.24. The first kappa shape index (κ1) is 10.7. The second-order valence-electron chi connectivity index (χ2n) is 3.28. The molecular weight excluding hydrogens is 226 g/mol. The van der Waals surface area contributed by atoms with Crippen molar-refractivity contribution in [3.05, 3.63) is 28.5 Å². The quantitative estimate of drug-likeness (QED) is 0.712. The summed E-state index contributed by atoms with van der Waals surface area (Å²) < 4.78 is 1.14. The molecule has 0 amide bonds. The van der Waals surface area contributed by atoms with Gasteiger partial charge in [0.2, 0.25) is 0 Å². The number of hydrogen-bond donors (Lipinski definition) is 0. The second-order valence-corrected chi connectivity index (χ2v) is 4.13. The van der Waals surface area contributed by atoms with E-state index in [9.17, 15) is 0 Å². The molecule has 0 bridgehead atoms. The summed E-state index contributed by atoms with van der Waals surface area (Å²) in [5, 5.41) is 0. The lowest BCUT2D eigenvalue weighted by atomic mass is 10.1. The normalized spacial score (nSPS) is 10.3. The van der Waals surface area contributed by atoms with Crippen LogP contribution in [0.15, 0.2) is 22.9 Å². The molecule has 72 valence electrons. The third-order valence-electron chi connectivity index (χ3n) is 2.16. The summed E-state index contributed by atoms with van der Waals surface area (Å²) in [5.41, 5.74) is 1.38. The van der Waals surface area contributed by atoms with Gasteiger partial charge in [-0.2, -0.15) is 0 Å². The number of aromatic nitrogens is 1. The van der Waals surface area contributed by atoms with Gasteiger partial charge in [0.05, 0.1) is 0 Å². The van der Waals surface area contributed by atoms with Crippen LogP contribution in [0.25, 0.3) is 0 Å². The average molecular weight is 242 g/mol. The lowest BCUT2D eigenvalue weighted by Gasteiger charge is -2.02. The van der Waals surface area contributed by atoms with E-state index in [1.54, 1.807) is 0 Å². The lowest BCUT2D eigenvalue weighted by Crippen LogP contribution is -1.88. The van der Waals surface area contributed by atoms with Gasteiger partial charge in [0.1, 0.15) is 0 Å². The fraction of sp³-hybridized carbons (Fsp3) is 0.545. The second kappa shape index (κ2) is 6.14. The first-order valence-corrected chi connectivity index (χ1v) is 5.72. The van der Waals surface area contributed by atoms with Crippen LogP contribution in [0.1, 0.15) is 38.2 Å². The van der Waals surface area contributed by atoms with Crippen molar-refractivity contribution in [3.63, 3.8) is 0 Å². The Kier molecular flexibility index (Phi) is 5.06. The maximum absolute atomic E-state index is 4.04. The van der Waals surface area contributed by atoms with Gasteiger partial charge in [0.15, 0.2) is 0 Å². The number of unbranched alkanes of at least 4 members (excludes halogenated alkanes) is 3. The van der Waals surface area contributed by atoms with E-state index < -0.39 is 0 Å². The molecule has 1 aromatic heterocycles. The Morgan fingerprint density at radius 3 is 2.85 bits per heavy atom. The standard InChI is InChI=1S/C11H16BrN/c1-2-3-4-5-6-10-7-8-13-9-11(10)12/h7-9H,2-6H2,1H3. The topological polar surface area (TPSA) is 12.9 Å². The van der Waals surface area contributed by atoms with Gasteiger partial charge in [-0.3, -0.25) is 4.98 Å². The number of halogens is 1. The Balaban J connectivity index is 2.32. The van der Waals surface area contributed by atoms with Crippen molar-refractivity contribution in [2.45, 2.75) is 39.0 Å². The number of hydrogen-bond acceptors (Lipinski definition) is 1. The maximum Gasteiger partial charge on any atom is 0.0412 e. The molecule has 0 N–H and O–H groups in total. The zero-order valence-corrected chi connectivity index (χ0v) is 9.68. The monoisotopic (exact) mass is 241 g/mol. The third-order valence-corrected chi connectivity index (χ3v) is 2.87. The minimum absolute atomic E-state index is 1.14. The third kappa shape index (κ3) is 3.90. The first-order chi connectivity index (χ1) is 6.34. The van der Waals surface area contributed by atoms with Gasteiger partial charge in [0, 0.05) is 16.9 Å². The van der Waals surface area contributed by atoms with Crippen molar-refractivity contribution < 1.29 is 0 Å². The van der Waals surface area contributed by atoms with E-state index in [2.05, 4.69) is 33.9 Å². The average Bonchev–Trinajstić information content (AvgIpc) is 2.15. The van der Waals surface area contributed by atoms with Crippen LogP contribution in [-0.2, 0) is 6.42 Å². The zero-order valence-electron chi connectivity index (χ0n) is 8.09. The largest absolute Gasteiger partial charge is 0.264 e. The molecule has 0 radical (unpaired) electrons. The Bertz CT molecular complexity index is 248. The summed E-state index contributed by atoms with van der Waals surface area (Å²) >= 11 is 3.50. The SMILES string of the molecule is CCCCCCc1ccncc1Br. The predicted octanol–water partition coefficient (Wildman–Crippen LogP) is 3.97. The Hall–Kier alpha value is -0.370. The molecule has 0 aromatic carbocycles. The van der Waals surface area contributed by atoms with Crippen molar-refractivity contribution in [3.8, 4) is 0 Å². The fourth-order valence-corrected chi connectivity index (χ4v) is 1.80. The molecule has 1 aromatic rings. The van der Waals surface area contributed by atoms with E-state index in [0.29, 0.717) is 0 Å². The van der Waals surface area contributed by atoms with Gasteiger partial charge in [0.25, 0.3) is 0 Å². The molecule has 0 fully saturated rings.